The van der Waals surface area contributed by atoms with Crippen molar-refractivity contribution >= 4 is 6.29 Å². The largest absolute Gasteiger partial charge is 0.340 e. The second-order valence-electron chi connectivity index (χ2n) is 3.97. The molecule has 1 aliphatic rings. The Morgan fingerprint density at radius 3 is 2.53 bits per heavy atom. The summed E-state index contributed by atoms with van der Waals surface area (Å²) in [5, 5.41) is 0. The average molecular weight is 210 g/mol. The minimum Gasteiger partial charge on any atom is -0.340 e. The molecule has 0 aromatic rings. The first-order valence-corrected chi connectivity index (χ1v) is 5.17. The lowest BCUT2D eigenvalue weighted by Crippen LogP contribution is -2.20. The van der Waals surface area contributed by atoms with Gasteiger partial charge in [-0.1, -0.05) is 18.2 Å². The van der Waals surface area contributed by atoms with Crippen molar-refractivity contribution in [2.75, 3.05) is 0 Å². The topological polar surface area (TPSA) is 35.5 Å². The van der Waals surface area contributed by atoms with Gasteiger partial charge < -0.3 is 14.3 Å². The van der Waals surface area contributed by atoms with E-state index in [1.807, 2.05) is 26.0 Å². The number of ether oxygens (including phenoxy) is 2. The van der Waals surface area contributed by atoms with Crippen molar-refractivity contribution in [3.63, 3.8) is 0 Å². The highest BCUT2D eigenvalue weighted by molar-refractivity contribution is 5.49. The van der Waals surface area contributed by atoms with Gasteiger partial charge in [-0.2, -0.15) is 0 Å². The summed E-state index contributed by atoms with van der Waals surface area (Å²) >= 11 is 0. The van der Waals surface area contributed by atoms with Crippen molar-refractivity contribution in [1.29, 1.82) is 0 Å². The maximum atomic E-state index is 10.1. The third kappa shape index (κ3) is 3.61. The molecule has 1 aliphatic heterocycles. The lowest BCUT2D eigenvalue weighted by Gasteiger charge is -2.15. The third-order valence-corrected chi connectivity index (χ3v) is 2.17. The summed E-state index contributed by atoms with van der Waals surface area (Å²) in [4.78, 5) is 10.1. The molecule has 0 bridgehead atoms. The Morgan fingerprint density at radius 1 is 1.27 bits per heavy atom. The van der Waals surface area contributed by atoms with E-state index in [0.717, 1.165) is 12.7 Å². The van der Waals surface area contributed by atoms with Gasteiger partial charge in [-0.25, -0.2) is 0 Å². The zero-order chi connectivity index (χ0) is 11.3. The molecule has 1 saturated heterocycles. The maximum absolute atomic E-state index is 10.1. The van der Waals surface area contributed by atoms with E-state index in [1.54, 1.807) is 6.08 Å². The number of aldehydes is 1. The van der Waals surface area contributed by atoms with Crippen LogP contribution in [0.3, 0.4) is 0 Å². The molecule has 2 atom stereocenters. The Hall–Kier alpha value is -0.930. The number of carbonyl (C=O) groups is 1. The highest BCUT2D eigenvalue weighted by Crippen LogP contribution is 2.29. The number of hydrogen-bond donors (Lipinski definition) is 0. The van der Waals surface area contributed by atoms with Crippen molar-refractivity contribution < 1.29 is 14.3 Å². The number of rotatable bonds is 5. The van der Waals surface area contributed by atoms with Crippen molar-refractivity contribution in [2.45, 2.75) is 44.7 Å². The number of allylic oxidation sites excluding steroid dienone is 1. The van der Waals surface area contributed by atoms with Crippen LogP contribution in [-0.2, 0) is 14.3 Å². The van der Waals surface area contributed by atoms with Gasteiger partial charge in [0.1, 0.15) is 18.5 Å². The summed E-state index contributed by atoms with van der Waals surface area (Å²) in [6.45, 7) is 7.46. The van der Waals surface area contributed by atoms with Crippen LogP contribution in [-0.4, -0.2) is 24.3 Å². The zero-order valence-corrected chi connectivity index (χ0v) is 9.31. The predicted molar refractivity (Wildman–Crippen MR) is 58.5 cm³/mol. The molecule has 3 nitrogen and oxygen atoms in total. The van der Waals surface area contributed by atoms with Gasteiger partial charge in [0.2, 0.25) is 0 Å². The normalized spacial score (nSPS) is 29.5. The van der Waals surface area contributed by atoms with Crippen LogP contribution in [0.25, 0.3) is 0 Å². The fraction of sp³-hybridized carbons (Fsp3) is 0.583. The van der Waals surface area contributed by atoms with Crippen LogP contribution in [0.1, 0.15) is 26.7 Å². The maximum Gasteiger partial charge on any atom is 0.164 e. The average Bonchev–Trinajstić information content (AvgIpc) is 2.48. The monoisotopic (exact) mass is 210 g/mol. The molecule has 1 heterocycles. The second-order valence-corrected chi connectivity index (χ2v) is 3.97. The van der Waals surface area contributed by atoms with Gasteiger partial charge in [0, 0.05) is 6.42 Å². The van der Waals surface area contributed by atoms with Gasteiger partial charge >= 0.3 is 0 Å². The molecule has 1 rings (SSSR count). The van der Waals surface area contributed by atoms with E-state index in [2.05, 4.69) is 6.58 Å². The molecule has 0 amide bonds. The number of carbonyl (C=O) groups excluding carboxylic acids is 1. The third-order valence-electron chi connectivity index (χ3n) is 2.17. The molecule has 3 heteroatoms. The molecule has 0 aliphatic carbocycles. The van der Waals surface area contributed by atoms with E-state index in [1.165, 1.54) is 0 Å². The van der Waals surface area contributed by atoms with Crippen molar-refractivity contribution in [3.8, 4) is 0 Å². The fourth-order valence-corrected chi connectivity index (χ4v) is 1.54. The molecule has 0 N–H and O–H groups in total. The van der Waals surface area contributed by atoms with E-state index >= 15 is 0 Å². The summed E-state index contributed by atoms with van der Waals surface area (Å²) in [7, 11) is 0. The lowest BCUT2D eigenvalue weighted by atomic mass is 10.2. The highest BCUT2D eigenvalue weighted by Gasteiger charge is 2.37. The Labute approximate surface area is 90.8 Å². The van der Waals surface area contributed by atoms with Crippen molar-refractivity contribution in [1.82, 2.24) is 0 Å². The molecular weight excluding hydrogens is 192 g/mol. The number of hydrogen-bond acceptors (Lipinski definition) is 3. The van der Waals surface area contributed by atoms with E-state index in [9.17, 15) is 4.79 Å². The van der Waals surface area contributed by atoms with E-state index in [0.29, 0.717) is 6.42 Å². The number of unbranched alkanes of at least 4 members (excludes halogenated alkanes) is 1. The molecule has 0 spiro atoms. The van der Waals surface area contributed by atoms with Crippen LogP contribution in [0, 0.1) is 0 Å². The molecule has 0 saturated carbocycles. The van der Waals surface area contributed by atoms with Gasteiger partial charge in [0.15, 0.2) is 5.79 Å². The molecule has 1 fully saturated rings. The Kier molecular flexibility index (Phi) is 4.24. The van der Waals surface area contributed by atoms with Crippen molar-refractivity contribution in [3.05, 3.63) is 24.8 Å². The van der Waals surface area contributed by atoms with Crippen LogP contribution in [0.4, 0.5) is 0 Å². The molecule has 0 radical (unpaired) electrons. The van der Waals surface area contributed by atoms with Crippen molar-refractivity contribution in [2.24, 2.45) is 0 Å². The fourth-order valence-electron chi connectivity index (χ4n) is 1.54. The first-order valence-electron chi connectivity index (χ1n) is 5.17. The second kappa shape index (κ2) is 5.24. The molecule has 0 unspecified atom stereocenters. The first-order chi connectivity index (χ1) is 7.09. The van der Waals surface area contributed by atoms with E-state index < -0.39 is 5.79 Å². The molecular formula is C12H18O3. The minimum atomic E-state index is -0.557. The first kappa shape index (κ1) is 12.1. The molecule has 0 aromatic carbocycles. The van der Waals surface area contributed by atoms with Gasteiger partial charge in [-0.05, 0) is 20.3 Å². The smallest absolute Gasteiger partial charge is 0.164 e. The van der Waals surface area contributed by atoms with Gasteiger partial charge in [0.25, 0.3) is 0 Å². The van der Waals surface area contributed by atoms with E-state index in [4.69, 9.17) is 9.47 Å². The van der Waals surface area contributed by atoms with Crippen LogP contribution in [0.5, 0.6) is 0 Å². The molecule has 15 heavy (non-hydrogen) atoms. The quantitative estimate of drug-likeness (QED) is 0.396. The van der Waals surface area contributed by atoms with E-state index in [-0.39, 0.29) is 12.2 Å². The predicted octanol–water partition coefficient (Wildman–Crippen LogP) is 2.23. The van der Waals surface area contributed by atoms with Gasteiger partial charge in [-0.3, -0.25) is 0 Å². The van der Waals surface area contributed by atoms with Crippen LogP contribution in [0.2, 0.25) is 0 Å². The Balaban J connectivity index is 2.49. The summed E-state index contributed by atoms with van der Waals surface area (Å²) in [5.41, 5.74) is 0. The molecule has 84 valence electrons. The highest BCUT2D eigenvalue weighted by atomic mass is 16.7. The lowest BCUT2D eigenvalue weighted by molar-refractivity contribution is -0.139. The zero-order valence-electron chi connectivity index (χ0n) is 9.31. The molecule has 0 aromatic heterocycles. The van der Waals surface area contributed by atoms with Gasteiger partial charge in [0.05, 0.1) is 0 Å². The van der Waals surface area contributed by atoms with Crippen LogP contribution >= 0.6 is 0 Å². The SMILES string of the molecule is C=C[C@H]1OC(C)(C)O[C@@H]1C=CCCC=O. The Morgan fingerprint density at radius 2 is 1.93 bits per heavy atom. The van der Waals surface area contributed by atoms with Gasteiger partial charge in [-0.15, -0.1) is 6.58 Å². The Bertz CT molecular complexity index is 256. The summed E-state index contributed by atoms with van der Waals surface area (Å²) in [6.07, 6.45) is 7.62. The minimum absolute atomic E-state index is 0.0934. The van der Waals surface area contributed by atoms with Crippen LogP contribution < -0.4 is 0 Å². The van der Waals surface area contributed by atoms with Crippen LogP contribution in [0.15, 0.2) is 24.8 Å². The summed E-state index contributed by atoms with van der Waals surface area (Å²) < 4.78 is 11.3. The summed E-state index contributed by atoms with van der Waals surface area (Å²) in [5.74, 6) is -0.557. The standard InChI is InChI=1S/C12H18O3/c1-4-10-11(8-6-5-7-9-13)15-12(2,3)14-10/h4,6,8-11H,1,5,7H2,2-3H3/t10-,11-/m1/s1. The summed E-state index contributed by atoms with van der Waals surface area (Å²) in [6, 6.07) is 0.